The lowest BCUT2D eigenvalue weighted by Gasteiger charge is -2.37. The van der Waals surface area contributed by atoms with E-state index >= 15 is 0 Å². The Morgan fingerprint density at radius 2 is 2.29 bits per heavy atom. The number of hydrogen-bond donors (Lipinski definition) is 1. The smallest absolute Gasteiger partial charge is 0.308 e. The standard InChI is InChI=1S/C15H20N2O3S/c1-11-13(15(19)20)6-4-8-17(11)14(18)10-21-9-12-5-2-3-7-16-12/h2-3,5,7,11,13H,4,6,8-10H2,1H3,(H,19,20)/t11-,13-/m1/s1. The van der Waals surface area contributed by atoms with Gasteiger partial charge in [-0.2, -0.15) is 0 Å². The maximum Gasteiger partial charge on any atom is 0.308 e. The summed E-state index contributed by atoms with van der Waals surface area (Å²) < 4.78 is 0. The van der Waals surface area contributed by atoms with Crippen LogP contribution in [0.25, 0.3) is 0 Å². The number of thioether (sulfide) groups is 1. The molecule has 21 heavy (non-hydrogen) atoms. The first-order valence-corrected chi connectivity index (χ1v) is 8.25. The van der Waals surface area contributed by atoms with E-state index in [0.717, 1.165) is 12.1 Å². The number of likely N-dealkylation sites (tertiary alicyclic amines) is 1. The predicted molar refractivity (Wildman–Crippen MR) is 81.9 cm³/mol. The minimum atomic E-state index is -0.805. The third-order valence-electron chi connectivity index (χ3n) is 3.83. The molecule has 5 nitrogen and oxygen atoms in total. The molecule has 0 radical (unpaired) electrons. The molecule has 1 aliphatic heterocycles. The van der Waals surface area contributed by atoms with Crippen LogP contribution in [0.1, 0.15) is 25.5 Å². The third kappa shape index (κ3) is 4.20. The van der Waals surface area contributed by atoms with Gasteiger partial charge in [0.25, 0.3) is 0 Å². The minimum Gasteiger partial charge on any atom is -0.481 e. The molecule has 0 aliphatic carbocycles. The second-order valence-corrected chi connectivity index (χ2v) is 6.21. The summed E-state index contributed by atoms with van der Waals surface area (Å²) in [5.41, 5.74) is 0.949. The van der Waals surface area contributed by atoms with Crippen LogP contribution in [0.2, 0.25) is 0 Å². The molecule has 1 fully saturated rings. The van der Waals surface area contributed by atoms with E-state index in [1.165, 1.54) is 11.8 Å². The van der Waals surface area contributed by atoms with Gasteiger partial charge in [0.1, 0.15) is 0 Å². The van der Waals surface area contributed by atoms with Gasteiger partial charge in [0.05, 0.1) is 17.4 Å². The van der Waals surface area contributed by atoms with Crippen LogP contribution in [0.15, 0.2) is 24.4 Å². The molecule has 1 aromatic rings. The van der Waals surface area contributed by atoms with Crippen molar-refractivity contribution in [2.24, 2.45) is 5.92 Å². The van der Waals surface area contributed by atoms with Crippen LogP contribution in [0.4, 0.5) is 0 Å². The Bertz CT molecular complexity index is 495. The van der Waals surface area contributed by atoms with Gasteiger partial charge in [0.15, 0.2) is 0 Å². The Kier molecular flexibility index (Phi) is 5.61. The summed E-state index contributed by atoms with van der Waals surface area (Å²) in [7, 11) is 0. The zero-order chi connectivity index (χ0) is 15.2. The van der Waals surface area contributed by atoms with Crippen molar-refractivity contribution in [1.82, 2.24) is 9.88 Å². The number of aliphatic carboxylic acids is 1. The topological polar surface area (TPSA) is 70.5 Å². The summed E-state index contributed by atoms with van der Waals surface area (Å²) >= 11 is 1.52. The van der Waals surface area contributed by atoms with Crippen molar-refractivity contribution in [1.29, 1.82) is 0 Å². The molecule has 114 valence electrons. The molecule has 1 saturated heterocycles. The number of piperidine rings is 1. The van der Waals surface area contributed by atoms with E-state index in [1.807, 2.05) is 25.1 Å². The van der Waals surface area contributed by atoms with E-state index in [-0.39, 0.29) is 11.9 Å². The van der Waals surface area contributed by atoms with Crippen molar-refractivity contribution < 1.29 is 14.7 Å². The SMILES string of the molecule is C[C@@H]1[C@H](C(=O)O)CCCN1C(=O)CSCc1ccccn1. The first-order chi connectivity index (χ1) is 10.1. The maximum atomic E-state index is 12.3. The Balaban J connectivity index is 1.83. The second kappa shape index (κ2) is 7.45. The van der Waals surface area contributed by atoms with Gasteiger partial charge in [-0.25, -0.2) is 0 Å². The summed E-state index contributed by atoms with van der Waals surface area (Å²) in [6.45, 7) is 2.49. The lowest BCUT2D eigenvalue weighted by atomic mass is 9.90. The molecule has 0 bridgehead atoms. The van der Waals surface area contributed by atoms with Gasteiger partial charge in [-0.05, 0) is 31.9 Å². The van der Waals surface area contributed by atoms with Crippen LogP contribution >= 0.6 is 11.8 Å². The van der Waals surface area contributed by atoms with Gasteiger partial charge < -0.3 is 10.0 Å². The second-order valence-electron chi connectivity index (χ2n) is 5.23. The monoisotopic (exact) mass is 308 g/mol. The summed E-state index contributed by atoms with van der Waals surface area (Å²) in [5.74, 6) is -0.163. The Morgan fingerprint density at radius 3 is 2.95 bits per heavy atom. The van der Waals surface area contributed by atoms with Gasteiger partial charge >= 0.3 is 5.97 Å². The third-order valence-corrected chi connectivity index (χ3v) is 4.78. The molecule has 0 saturated carbocycles. The van der Waals surface area contributed by atoms with Crippen molar-refractivity contribution in [3.05, 3.63) is 30.1 Å². The first-order valence-electron chi connectivity index (χ1n) is 7.09. The molecule has 0 unspecified atom stereocenters. The maximum absolute atomic E-state index is 12.3. The molecule has 1 aliphatic rings. The lowest BCUT2D eigenvalue weighted by Crippen LogP contribution is -2.49. The Morgan fingerprint density at radius 1 is 1.48 bits per heavy atom. The molecule has 2 atom stereocenters. The molecule has 2 rings (SSSR count). The number of amides is 1. The fourth-order valence-corrected chi connectivity index (χ4v) is 3.46. The summed E-state index contributed by atoms with van der Waals surface area (Å²) in [6.07, 6.45) is 3.15. The number of rotatable bonds is 5. The van der Waals surface area contributed by atoms with Gasteiger partial charge in [-0.15, -0.1) is 11.8 Å². The van der Waals surface area contributed by atoms with E-state index in [0.29, 0.717) is 24.5 Å². The molecule has 1 N–H and O–H groups in total. The van der Waals surface area contributed by atoms with Crippen molar-refractivity contribution >= 4 is 23.6 Å². The van der Waals surface area contributed by atoms with Crippen LogP contribution in [-0.2, 0) is 15.3 Å². The average Bonchev–Trinajstić information content (AvgIpc) is 2.48. The quantitative estimate of drug-likeness (QED) is 0.901. The normalized spacial score (nSPS) is 22.0. The lowest BCUT2D eigenvalue weighted by molar-refractivity contribution is -0.148. The molecule has 1 aromatic heterocycles. The highest BCUT2D eigenvalue weighted by Gasteiger charge is 2.34. The van der Waals surface area contributed by atoms with E-state index in [9.17, 15) is 14.7 Å². The van der Waals surface area contributed by atoms with Gasteiger partial charge in [-0.3, -0.25) is 14.6 Å². The number of aromatic nitrogens is 1. The molecule has 0 aromatic carbocycles. The molecule has 6 heteroatoms. The highest BCUT2D eigenvalue weighted by atomic mass is 32.2. The number of carbonyl (C=O) groups is 2. The number of nitrogens with zero attached hydrogens (tertiary/aromatic N) is 2. The van der Waals surface area contributed by atoms with Crippen molar-refractivity contribution in [2.45, 2.75) is 31.6 Å². The molecule has 1 amide bonds. The van der Waals surface area contributed by atoms with Crippen LogP contribution in [0.5, 0.6) is 0 Å². The Hall–Kier alpha value is -1.56. The number of carbonyl (C=O) groups excluding carboxylic acids is 1. The van der Waals surface area contributed by atoms with E-state index in [4.69, 9.17) is 0 Å². The highest BCUT2D eigenvalue weighted by molar-refractivity contribution is 7.99. The van der Waals surface area contributed by atoms with Crippen LogP contribution in [-0.4, -0.2) is 45.2 Å². The van der Waals surface area contributed by atoms with E-state index < -0.39 is 11.9 Å². The number of carboxylic acid groups (broad SMARTS) is 1. The number of carboxylic acids is 1. The number of hydrogen-bond acceptors (Lipinski definition) is 4. The summed E-state index contributed by atoms with van der Waals surface area (Å²) in [6, 6.07) is 5.50. The van der Waals surface area contributed by atoms with Gasteiger partial charge in [-0.1, -0.05) is 6.07 Å². The largest absolute Gasteiger partial charge is 0.481 e. The molecule has 2 heterocycles. The summed E-state index contributed by atoms with van der Waals surface area (Å²) in [5, 5.41) is 9.18. The summed E-state index contributed by atoms with van der Waals surface area (Å²) in [4.78, 5) is 29.4. The average molecular weight is 308 g/mol. The molecular formula is C15H20N2O3S. The predicted octanol–water partition coefficient (Wildman–Crippen LogP) is 2.03. The molecule has 0 spiro atoms. The van der Waals surface area contributed by atoms with Crippen LogP contribution in [0, 0.1) is 5.92 Å². The van der Waals surface area contributed by atoms with Crippen molar-refractivity contribution in [3.8, 4) is 0 Å². The first kappa shape index (κ1) is 15.8. The fraction of sp³-hybridized carbons (Fsp3) is 0.533. The van der Waals surface area contributed by atoms with E-state index in [1.54, 1.807) is 11.1 Å². The van der Waals surface area contributed by atoms with Gasteiger partial charge in [0, 0.05) is 24.5 Å². The van der Waals surface area contributed by atoms with Crippen LogP contribution in [0.3, 0.4) is 0 Å². The number of pyridine rings is 1. The van der Waals surface area contributed by atoms with Crippen LogP contribution < -0.4 is 0 Å². The fourth-order valence-electron chi connectivity index (χ4n) is 2.63. The molecular weight excluding hydrogens is 288 g/mol. The Labute approximate surface area is 128 Å². The zero-order valence-electron chi connectivity index (χ0n) is 12.1. The van der Waals surface area contributed by atoms with Crippen molar-refractivity contribution in [3.63, 3.8) is 0 Å². The van der Waals surface area contributed by atoms with Gasteiger partial charge in [0.2, 0.25) is 5.91 Å². The van der Waals surface area contributed by atoms with E-state index in [2.05, 4.69) is 4.98 Å². The zero-order valence-corrected chi connectivity index (χ0v) is 12.9. The van der Waals surface area contributed by atoms with Crippen molar-refractivity contribution in [2.75, 3.05) is 12.3 Å². The highest BCUT2D eigenvalue weighted by Crippen LogP contribution is 2.24. The minimum absolute atomic E-state index is 0.0226.